The molecule has 27 heavy (non-hydrogen) atoms. The second-order valence-corrected chi connectivity index (χ2v) is 6.19. The van der Waals surface area contributed by atoms with Gasteiger partial charge in [-0.15, -0.1) is 6.58 Å². The molecule has 0 radical (unpaired) electrons. The van der Waals surface area contributed by atoms with Crippen molar-refractivity contribution in [3.8, 4) is 11.5 Å². The van der Waals surface area contributed by atoms with Crippen molar-refractivity contribution in [2.75, 3.05) is 13.2 Å². The van der Waals surface area contributed by atoms with Crippen LogP contribution >= 0.6 is 12.2 Å². The topological polar surface area (TPSA) is 54.9 Å². The van der Waals surface area contributed by atoms with Crippen molar-refractivity contribution in [1.82, 2.24) is 10.7 Å². The van der Waals surface area contributed by atoms with E-state index in [1.807, 2.05) is 37.3 Å². The van der Waals surface area contributed by atoms with Crippen LogP contribution in [0.25, 0.3) is 0 Å². The Balaban J connectivity index is 2.02. The fourth-order valence-corrected chi connectivity index (χ4v) is 2.46. The van der Waals surface area contributed by atoms with Gasteiger partial charge >= 0.3 is 0 Å². The van der Waals surface area contributed by atoms with Gasteiger partial charge in [0.05, 0.1) is 12.8 Å². The summed E-state index contributed by atoms with van der Waals surface area (Å²) in [5.74, 6) is 1.38. The zero-order valence-corrected chi connectivity index (χ0v) is 16.5. The van der Waals surface area contributed by atoms with E-state index in [0.717, 1.165) is 11.1 Å². The molecule has 0 amide bonds. The number of nitrogens with one attached hydrogen (secondary N) is 2. The van der Waals surface area contributed by atoms with Crippen molar-refractivity contribution in [3.05, 3.63) is 71.8 Å². The van der Waals surface area contributed by atoms with Crippen molar-refractivity contribution < 1.29 is 9.47 Å². The van der Waals surface area contributed by atoms with Crippen LogP contribution in [0.3, 0.4) is 0 Å². The first kappa shape index (κ1) is 20.5. The molecule has 2 aromatic rings. The molecule has 2 rings (SSSR count). The number of hydrazone groups is 1. The third-order valence-corrected chi connectivity index (χ3v) is 3.77. The maximum atomic E-state index is 5.95. The van der Waals surface area contributed by atoms with E-state index in [-0.39, 0.29) is 0 Å². The first-order valence-electron chi connectivity index (χ1n) is 8.75. The van der Waals surface area contributed by atoms with E-state index >= 15 is 0 Å². The van der Waals surface area contributed by atoms with Crippen LogP contribution in [0.15, 0.2) is 60.2 Å². The Morgan fingerprint density at radius 1 is 1.19 bits per heavy atom. The monoisotopic (exact) mass is 383 g/mol. The van der Waals surface area contributed by atoms with E-state index in [2.05, 4.69) is 41.5 Å². The lowest BCUT2D eigenvalue weighted by Gasteiger charge is -2.13. The lowest BCUT2D eigenvalue weighted by Crippen LogP contribution is -2.31. The summed E-state index contributed by atoms with van der Waals surface area (Å²) in [5, 5.41) is 7.50. The molecule has 142 valence electrons. The Hall–Kier alpha value is -2.86. The average molecular weight is 384 g/mol. The molecule has 2 aromatic carbocycles. The van der Waals surface area contributed by atoms with Gasteiger partial charge < -0.3 is 14.8 Å². The van der Waals surface area contributed by atoms with Crippen molar-refractivity contribution in [2.24, 2.45) is 5.10 Å². The van der Waals surface area contributed by atoms with Gasteiger partial charge in [-0.1, -0.05) is 35.9 Å². The fraction of sp³-hybridized carbons (Fsp3) is 0.238. The lowest BCUT2D eigenvalue weighted by molar-refractivity contribution is 0.269. The van der Waals surface area contributed by atoms with Crippen molar-refractivity contribution in [2.45, 2.75) is 20.5 Å². The summed E-state index contributed by atoms with van der Waals surface area (Å²) in [5.41, 5.74) is 5.96. The minimum Gasteiger partial charge on any atom is -0.490 e. The van der Waals surface area contributed by atoms with Gasteiger partial charge in [0.1, 0.15) is 6.61 Å². The molecule has 0 fully saturated rings. The number of nitrogens with zero attached hydrogens (tertiary/aromatic N) is 1. The molecule has 0 aromatic heterocycles. The molecule has 0 heterocycles. The molecule has 0 saturated heterocycles. The molecule has 0 unspecified atom stereocenters. The Morgan fingerprint density at radius 2 is 2.04 bits per heavy atom. The standard InChI is InChI=1S/C21H25N3O2S/c1-4-11-22-21(27)24-23-14-17-9-10-19(20(13-17)25-5-2)26-15-18-8-6-7-16(3)12-18/h4,6-10,12-14H,1,5,11,15H2,2-3H3,(H2,22,24,27). The Morgan fingerprint density at radius 3 is 2.78 bits per heavy atom. The molecule has 0 atom stereocenters. The molecule has 5 nitrogen and oxygen atoms in total. The highest BCUT2D eigenvalue weighted by molar-refractivity contribution is 7.80. The molecule has 0 aliphatic rings. The predicted octanol–water partition coefficient (Wildman–Crippen LogP) is 3.96. The van der Waals surface area contributed by atoms with Crippen LogP contribution in [0.4, 0.5) is 0 Å². The number of ether oxygens (including phenoxy) is 2. The molecule has 2 N–H and O–H groups in total. The van der Waals surface area contributed by atoms with Gasteiger partial charge in [-0.25, -0.2) is 0 Å². The van der Waals surface area contributed by atoms with Gasteiger partial charge in [-0.05, 0) is 55.4 Å². The highest BCUT2D eigenvalue weighted by atomic mass is 32.1. The van der Waals surface area contributed by atoms with E-state index in [0.29, 0.717) is 36.4 Å². The molecular weight excluding hydrogens is 358 g/mol. The van der Waals surface area contributed by atoms with Crippen molar-refractivity contribution >= 4 is 23.5 Å². The van der Waals surface area contributed by atoms with E-state index in [9.17, 15) is 0 Å². The normalized spacial score (nSPS) is 10.4. The summed E-state index contributed by atoms with van der Waals surface area (Å²) in [6.07, 6.45) is 3.40. The second-order valence-electron chi connectivity index (χ2n) is 5.79. The van der Waals surface area contributed by atoms with Crippen LogP contribution in [-0.4, -0.2) is 24.5 Å². The summed E-state index contributed by atoms with van der Waals surface area (Å²) in [6, 6.07) is 13.9. The number of aryl methyl sites for hydroxylation is 1. The molecule has 0 aliphatic heterocycles. The van der Waals surface area contributed by atoms with Crippen LogP contribution in [0.2, 0.25) is 0 Å². The molecule has 0 aliphatic carbocycles. The zero-order chi connectivity index (χ0) is 19.5. The van der Waals surface area contributed by atoms with Crippen LogP contribution in [-0.2, 0) is 6.61 Å². The van der Waals surface area contributed by atoms with Crippen LogP contribution in [0.5, 0.6) is 11.5 Å². The van der Waals surface area contributed by atoms with E-state index < -0.39 is 0 Å². The Bertz CT molecular complexity index is 806. The van der Waals surface area contributed by atoms with Crippen LogP contribution in [0, 0.1) is 6.92 Å². The highest BCUT2D eigenvalue weighted by Gasteiger charge is 2.07. The van der Waals surface area contributed by atoms with Gasteiger partial charge in [-0.3, -0.25) is 5.43 Å². The lowest BCUT2D eigenvalue weighted by atomic mass is 10.1. The molecule has 6 heteroatoms. The number of hydrogen-bond donors (Lipinski definition) is 2. The average Bonchev–Trinajstić information content (AvgIpc) is 2.66. The Labute approximate surface area is 166 Å². The van der Waals surface area contributed by atoms with E-state index in [1.165, 1.54) is 5.56 Å². The highest BCUT2D eigenvalue weighted by Crippen LogP contribution is 2.29. The zero-order valence-electron chi connectivity index (χ0n) is 15.7. The van der Waals surface area contributed by atoms with Crippen molar-refractivity contribution in [3.63, 3.8) is 0 Å². The molecule has 0 bridgehead atoms. The van der Waals surface area contributed by atoms with Gasteiger partial charge in [0.2, 0.25) is 0 Å². The smallest absolute Gasteiger partial charge is 0.187 e. The first-order valence-corrected chi connectivity index (χ1v) is 9.16. The van der Waals surface area contributed by atoms with Gasteiger partial charge in [0.25, 0.3) is 0 Å². The number of rotatable bonds is 9. The van der Waals surface area contributed by atoms with Gasteiger partial charge in [-0.2, -0.15) is 5.10 Å². The van der Waals surface area contributed by atoms with E-state index in [4.69, 9.17) is 21.7 Å². The van der Waals surface area contributed by atoms with Gasteiger partial charge in [0, 0.05) is 6.54 Å². The molecule has 0 saturated carbocycles. The number of thiocarbonyl (C=S) groups is 1. The van der Waals surface area contributed by atoms with Crippen LogP contribution < -0.4 is 20.2 Å². The maximum Gasteiger partial charge on any atom is 0.187 e. The van der Waals surface area contributed by atoms with E-state index in [1.54, 1.807) is 12.3 Å². The summed E-state index contributed by atoms with van der Waals surface area (Å²) >= 11 is 5.08. The minimum absolute atomic E-state index is 0.439. The second kappa shape index (κ2) is 11.0. The largest absolute Gasteiger partial charge is 0.490 e. The summed E-state index contributed by atoms with van der Waals surface area (Å²) in [7, 11) is 0. The third kappa shape index (κ3) is 7.11. The SMILES string of the molecule is C=CCNC(=S)NN=Cc1ccc(OCc2cccc(C)c2)c(OCC)c1. The molecular formula is C21H25N3O2S. The van der Waals surface area contributed by atoms with Crippen LogP contribution in [0.1, 0.15) is 23.6 Å². The summed E-state index contributed by atoms with van der Waals surface area (Å²) < 4.78 is 11.7. The van der Waals surface area contributed by atoms with Crippen molar-refractivity contribution in [1.29, 1.82) is 0 Å². The third-order valence-electron chi connectivity index (χ3n) is 3.53. The first-order chi connectivity index (χ1) is 13.1. The summed E-state index contributed by atoms with van der Waals surface area (Å²) in [4.78, 5) is 0. The Kier molecular flexibility index (Phi) is 8.32. The maximum absolute atomic E-state index is 5.95. The number of hydrogen-bond acceptors (Lipinski definition) is 4. The molecule has 0 spiro atoms. The summed E-state index contributed by atoms with van der Waals surface area (Å²) in [6.45, 7) is 9.25. The fourth-order valence-electron chi connectivity index (χ4n) is 2.33. The quantitative estimate of drug-likeness (QED) is 0.297. The minimum atomic E-state index is 0.439. The number of benzene rings is 2. The van der Waals surface area contributed by atoms with Gasteiger partial charge in [0.15, 0.2) is 16.6 Å². The predicted molar refractivity (Wildman–Crippen MR) is 115 cm³/mol.